The van der Waals surface area contributed by atoms with Gasteiger partial charge in [0.05, 0.1) is 26.4 Å². The number of hydrogen-bond acceptors (Lipinski definition) is 15. The third-order valence-electron chi connectivity index (χ3n) is 17.0. The second kappa shape index (κ2) is 62.8. The second-order valence-electron chi connectivity index (χ2n) is 27.2. The maximum absolute atomic E-state index is 13.0. The predicted molar refractivity (Wildman–Crippen MR) is 368 cm³/mol. The third-order valence-corrected chi connectivity index (χ3v) is 18.9. The highest BCUT2D eigenvalue weighted by atomic mass is 31.2. The maximum atomic E-state index is 13.0. The molecule has 0 aromatic heterocycles. The Bertz CT molecular complexity index is 1790. The molecule has 540 valence electrons. The van der Waals surface area contributed by atoms with E-state index in [0.717, 1.165) is 114 Å². The average molecular weight is 1340 g/mol. The van der Waals surface area contributed by atoms with Crippen LogP contribution in [0.1, 0.15) is 363 Å². The molecule has 91 heavy (non-hydrogen) atoms. The van der Waals surface area contributed by atoms with E-state index in [0.29, 0.717) is 25.7 Å². The molecule has 0 saturated carbocycles. The minimum absolute atomic E-state index is 0.103. The van der Waals surface area contributed by atoms with Crippen molar-refractivity contribution >= 4 is 39.5 Å². The lowest BCUT2D eigenvalue weighted by Gasteiger charge is -2.21. The summed E-state index contributed by atoms with van der Waals surface area (Å²) in [6.07, 6.45) is 47.2. The maximum Gasteiger partial charge on any atom is 0.472 e. The van der Waals surface area contributed by atoms with Crippen molar-refractivity contribution in [2.24, 2.45) is 17.8 Å². The number of unbranched alkanes of at least 4 members (excludes halogenated alkanes) is 37. The number of ether oxygens (including phenoxy) is 4. The van der Waals surface area contributed by atoms with Gasteiger partial charge in [0.15, 0.2) is 12.2 Å². The molecule has 3 N–H and O–H groups in total. The number of phosphoric ester groups is 2. The van der Waals surface area contributed by atoms with Gasteiger partial charge in [-0.15, -0.1) is 0 Å². The highest BCUT2D eigenvalue weighted by Gasteiger charge is 2.30. The molecule has 0 aliphatic rings. The summed E-state index contributed by atoms with van der Waals surface area (Å²) >= 11 is 0. The molecule has 0 aliphatic heterocycles. The van der Waals surface area contributed by atoms with Gasteiger partial charge in [-0.05, 0) is 43.4 Å². The summed E-state index contributed by atoms with van der Waals surface area (Å²) in [4.78, 5) is 72.6. The molecule has 0 bridgehead atoms. The Hall–Kier alpha value is -1.94. The molecule has 0 spiro atoms. The zero-order valence-corrected chi connectivity index (χ0v) is 61.1. The van der Waals surface area contributed by atoms with Crippen molar-refractivity contribution < 1.29 is 80.2 Å². The molecule has 6 atom stereocenters. The van der Waals surface area contributed by atoms with Gasteiger partial charge in [0.1, 0.15) is 19.3 Å². The Morgan fingerprint density at radius 2 is 0.560 bits per heavy atom. The van der Waals surface area contributed by atoms with E-state index in [1.807, 2.05) is 0 Å². The number of carbonyl (C=O) groups is 4. The van der Waals surface area contributed by atoms with Crippen molar-refractivity contribution in [1.82, 2.24) is 0 Å². The van der Waals surface area contributed by atoms with Crippen LogP contribution in [0.3, 0.4) is 0 Å². The van der Waals surface area contributed by atoms with Crippen LogP contribution in [0.5, 0.6) is 0 Å². The number of phosphoric acid groups is 2. The fourth-order valence-corrected chi connectivity index (χ4v) is 12.4. The Morgan fingerprint density at radius 1 is 0.319 bits per heavy atom. The lowest BCUT2D eigenvalue weighted by atomic mass is 10.00. The molecular formula is C72H140O17P2. The molecule has 19 heteroatoms. The topological polar surface area (TPSA) is 237 Å². The summed E-state index contributed by atoms with van der Waals surface area (Å²) in [6.45, 7) is 11.8. The van der Waals surface area contributed by atoms with Gasteiger partial charge < -0.3 is 33.8 Å². The van der Waals surface area contributed by atoms with Crippen molar-refractivity contribution in [3.8, 4) is 0 Å². The molecule has 0 rings (SSSR count). The number of hydrogen-bond donors (Lipinski definition) is 3. The van der Waals surface area contributed by atoms with Crippen LogP contribution in [0.2, 0.25) is 0 Å². The first-order valence-electron chi connectivity index (χ1n) is 37.4. The molecule has 0 radical (unpaired) electrons. The summed E-state index contributed by atoms with van der Waals surface area (Å²) < 4.78 is 68.3. The van der Waals surface area contributed by atoms with Crippen LogP contribution in [0.4, 0.5) is 0 Å². The third kappa shape index (κ3) is 65.1. The van der Waals surface area contributed by atoms with E-state index in [9.17, 15) is 43.2 Å². The first-order chi connectivity index (χ1) is 43.8. The van der Waals surface area contributed by atoms with Gasteiger partial charge in [0, 0.05) is 25.7 Å². The van der Waals surface area contributed by atoms with E-state index in [4.69, 9.17) is 37.0 Å². The van der Waals surface area contributed by atoms with Crippen LogP contribution in [-0.2, 0) is 65.4 Å². The first kappa shape index (κ1) is 89.1. The smallest absolute Gasteiger partial charge is 0.462 e. The molecule has 0 aliphatic carbocycles. The standard InChI is InChI=1S/C72H140O17P2/c1-8-10-11-12-13-14-15-18-22-25-31-39-46-53-69(74)82-59-67(88-71(76)55-48-41-32-26-23-20-17-16-19-21-24-29-36-43-50-63(3)4)61-86-90(78,79)84-57-66(73)58-85-91(80,81)87-62-68(60-83-70(75)54-47-40-35-34-38-45-52-65(7)9-2)89-72(77)56-49-42-33-28-27-30-37-44-51-64(5)6/h63-68,73H,8-62H2,1-7H3,(H,78,79)(H,80,81)/t65?,66-,67-,68-/m1/s1. The minimum atomic E-state index is -4.95. The van der Waals surface area contributed by atoms with E-state index in [2.05, 4.69) is 48.5 Å². The van der Waals surface area contributed by atoms with Crippen molar-refractivity contribution in [3.05, 3.63) is 0 Å². The highest BCUT2D eigenvalue weighted by molar-refractivity contribution is 7.47. The number of aliphatic hydroxyl groups excluding tert-OH is 1. The summed E-state index contributed by atoms with van der Waals surface area (Å²) in [5.74, 6) is 0.119. The van der Waals surface area contributed by atoms with Crippen molar-refractivity contribution in [2.75, 3.05) is 39.6 Å². The molecule has 0 amide bonds. The normalized spacial score (nSPS) is 14.5. The molecular weight excluding hydrogens is 1200 g/mol. The van der Waals surface area contributed by atoms with Gasteiger partial charge >= 0.3 is 39.5 Å². The van der Waals surface area contributed by atoms with Gasteiger partial charge in [0.2, 0.25) is 0 Å². The predicted octanol–water partition coefficient (Wildman–Crippen LogP) is 20.6. The van der Waals surface area contributed by atoms with E-state index in [-0.39, 0.29) is 25.7 Å². The Labute approximate surface area is 556 Å². The Morgan fingerprint density at radius 3 is 0.835 bits per heavy atom. The van der Waals surface area contributed by atoms with E-state index in [1.165, 1.54) is 167 Å². The van der Waals surface area contributed by atoms with Crippen molar-refractivity contribution in [3.63, 3.8) is 0 Å². The summed E-state index contributed by atoms with van der Waals surface area (Å²) in [5, 5.41) is 10.6. The molecule has 0 aromatic rings. The lowest BCUT2D eigenvalue weighted by molar-refractivity contribution is -0.161. The van der Waals surface area contributed by atoms with Crippen LogP contribution >= 0.6 is 15.6 Å². The highest BCUT2D eigenvalue weighted by Crippen LogP contribution is 2.45. The summed E-state index contributed by atoms with van der Waals surface area (Å²) in [6, 6.07) is 0. The molecule has 17 nitrogen and oxygen atoms in total. The van der Waals surface area contributed by atoms with E-state index >= 15 is 0 Å². The van der Waals surface area contributed by atoms with Gasteiger partial charge in [-0.2, -0.15) is 0 Å². The average Bonchev–Trinajstić information content (AvgIpc) is 3.66. The monoisotopic (exact) mass is 1340 g/mol. The molecule has 0 heterocycles. The van der Waals surface area contributed by atoms with Crippen LogP contribution in [0, 0.1) is 17.8 Å². The minimum Gasteiger partial charge on any atom is -0.462 e. The zero-order chi connectivity index (χ0) is 67.3. The van der Waals surface area contributed by atoms with Crippen LogP contribution < -0.4 is 0 Å². The van der Waals surface area contributed by atoms with Crippen molar-refractivity contribution in [2.45, 2.75) is 381 Å². The lowest BCUT2D eigenvalue weighted by Crippen LogP contribution is -2.30. The first-order valence-corrected chi connectivity index (χ1v) is 40.4. The molecule has 0 fully saturated rings. The largest absolute Gasteiger partial charge is 0.472 e. The number of carbonyl (C=O) groups excluding carboxylic acids is 4. The van der Waals surface area contributed by atoms with Crippen molar-refractivity contribution in [1.29, 1.82) is 0 Å². The molecule has 3 unspecified atom stereocenters. The number of rotatable bonds is 70. The van der Waals surface area contributed by atoms with Gasteiger partial charge in [-0.3, -0.25) is 37.3 Å². The molecule has 0 aromatic carbocycles. The Kier molecular flexibility index (Phi) is 61.5. The van der Waals surface area contributed by atoms with Crippen LogP contribution in [0.15, 0.2) is 0 Å². The van der Waals surface area contributed by atoms with Gasteiger partial charge in [-0.1, -0.05) is 312 Å². The molecule has 0 saturated heterocycles. The zero-order valence-electron chi connectivity index (χ0n) is 59.3. The summed E-state index contributed by atoms with van der Waals surface area (Å²) in [5.41, 5.74) is 0. The quantitative estimate of drug-likeness (QED) is 0.0222. The van der Waals surface area contributed by atoms with Crippen LogP contribution in [-0.4, -0.2) is 96.7 Å². The fraction of sp³-hybridized carbons (Fsp3) is 0.944. The fourth-order valence-electron chi connectivity index (χ4n) is 10.9. The second-order valence-corrected chi connectivity index (χ2v) is 30.1. The van der Waals surface area contributed by atoms with Gasteiger partial charge in [0.25, 0.3) is 0 Å². The van der Waals surface area contributed by atoms with E-state index in [1.54, 1.807) is 0 Å². The SMILES string of the molecule is CCCCCCCCCCCCCCCC(=O)OC[C@H](COP(=O)(O)OC[C@@H](O)COP(=O)(O)OC[C@@H](COC(=O)CCCCCCCCC(C)CC)OC(=O)CCCCCCCCCCC(C)C)OC(=O)CCCCCCCCCCCCCCCCC(C)C. The summed E-state index contributed by atoms with van der Waals surface area (Å²) in [7, 11) is -9.90. The van der Waals surface area contributed by atoms with E-state index < -0.39 is 97.5 Å². The number of aliphatic hydroxyl groups is 1. The van der Waals surface area contributed by atoms with Gasteiger partial charge in [-0.25, -0.2) is 9.13 Å². The van der Waals surface area contributed by atoms with Crippen LogP contribution in [0.25, 0.3) is 0 Å². The number of esters is 4. The Balaban J connectivity index is 5.25.